The van der Waals surface area contributed by atoms with E-state index in [0.29, 0.717) is 12.0 Å². The van der Waals surface area contributed by atoms with Gasteiger partial charge in [0.05, 0.1) is 0 Å². The van der Waals surface area contributed by atoms with Crippen molar-refractivity contribution in [2.24, 2.45) is 10.7 Å². The summed E-state index contributed by atoms with van der Waals surface area (Å²) in [7, 11) is 0. The number of nitrogens with one attached hydrogen (secondary N) is 1. The Bertz CT molecular complexity index is 264. The van der Waals surface area contributed by atoms with Crippen molar-refractivity contribution in [2.45, 2.75) is 45.6 Å². The monoisotopic (exact) mass is 398 g/mol. The van der Waals surface area contributed by atoms with E-state index < -0.39 is 0 Å². The Morgan fingerprint density at radius 1 is 1.45 bits per heavy atom. The number of guanidine groups is 1. The van der Waals surface area contributed by atoms with Gasteiger partial charge in [-0.1, -0.05) is 6.42 Å². The number of likely N-dealkylation sites (tertiary alicyclic amines) is 1. The van der Waals surface area contributed by atoms with Crippen molar-refractivity contribution in [3.63, 3.8) is 0 Å². The molecule has 3 N–H and O–H groups in total. The van der Waals surface area contributed by atoms with Crippen LogP contribution >= 0.6 is 24.0 Å². The van der Waals surface area contributed by atoms with Gasteiger partial charge in [0.1, 0.15) is 0 Å². The van der Waals surface area contributed by atoms with Gasteiger partial charge in [-0.05, 0) is 39.7 Å². The number of ether oxygens (including phenoxy) is 1. The summed E-state index contributed by atoms with van der Waals surface area (Å²) in [5, 5.41) is 3.19. The summed E-state index contributed by atoms with van der Waals surface area (Å²) < 4.78 is 5.25. The van der Waals surface area contributed by atoms with Crippen LogP contribution in [0.25, 0.3) is 0 Å². The highest BCUT2D eigenvalue weighted by atomic mass is 127. The van der Waals surface area contributed by atoms with E-state index in [2.05, 4.69) is 22.1 Å². The molecule has 0 amide bonds. The molecule has 20 heavy (non-hydrogen) atoms. The molecule has 0 aromatic heterocycles. The van der Waals surface area contributed by atoms with Crippen molar-refractivity contribution >= 4 is 29.9 Å². The summed E-state index contributed by atoms with van der Waals surface area (Å²) in [4.78, 5) is 6.81. The largest absolute Gasteiger partial charge is 0.382 e. The van der Waals surface area contributed by atoms with E-state index in [1.165, 1.54) is 25.8 Å². The molecule has 1 aliphatic rings. The molecule has 0 saturated carbocycles. The van der Waals surface area contributed by atoms with Crippen LogP contribution in [-0.2, 0) is 4.74 Å². The van der Waals surface area contributed by atoms with Crippen LogP contribution < -0.4 is 11.1 Å². The van der Waals surface area contributed by atoms with E-state index in [0.717, 1.165) is 39.3 Å². The summed E-state index contributed by atoms with van der Waals surface area (Å²) in [5.41, 5.74) is 5.82. The average Bonchev–Trinajstić information content (AvgIpc) is 2.41. The van der Waals surface area contributed by atoms with Gasteiger partial charge in [0.25, 0.3) is 0 Å². The smallest absolute Gasteiger partial charge is 0.188 e. The Morgan fingerprint density at radius 2 is 2.25 bits per heavy atom. The minimum atomic E-state index is 0. The fourth-order valence-electron chi connectivity index (χ4n) is 2.38. The van der Waals surface area contributed by atoms with Crippen molar-refractivity contribution in [1.29, 1.82) is 0 Å². The van der Waals surface area contributed by atoms with Crippen molar-refractivity contribution in [3.8, 4) is 0 Å². The lowest BCUT2D eigenvalue weighted by Gasteiger charge is -2.33. The number of halogens is 1. The molecule has 1 saturated heterocycles. The van der Waals surface area contributed by atoms with E-state index >= 15 is 0 Å². The molecule has 1 heterocycles. The second-order valence-electron chi connectivity index (χ2n) is 5.12. The zero-order valence-corrected chi connectivity index (χ0v) is 15.3. The third-order valence-electron chi connectivity index (χ3n) is 3.58. The van der Waals surface area contributed by atoms with Gasteiger partial charge in [-0.3, -0.25) is 9.89 Å². The topological polar surface area (TPSA) is 62.9 Å². The molecule has 1 rings (SSSR count). The van der Waals surface area contributed by atoms with E-state index in [-0.39, 0.29) is 24.0 Å². The minimum Gasteiger partial charge on any atom is -0.382 e. The number of hydrogen-bond acceptors (Lipinski definition) is 3. The molecule has 0 aromatic rings. The van der Waals surface area contributed by atoms with Gasteiger partial charge in [-0.25, -0.2) is 0 Å². The van der Waals surface area contributed by atoms with E-state index in [9.17, 15) is 0 Å². The molecular weight excluding hydrogens is 367 g/mol. The van der Waals surface area contributed by atoms with Gasteiger partial charge in [0.15, 0.2) is 5.96 Å². The number of nitrogens with two attached hydrogens (primary N) is 1. The predicted molar refractivity (Wildman–Crippen MR) is 95.9 cm³/mol. The zero-order valence-electron chi connectivity index (χ0n) is 12.9. The summed E-state index contributed by atoms with van der Waals surface area (Å²) in [6.07, 6.45) is 4.94. The second kappa shape index (κ2) is 12.6. The van der Waals surface area contributed by atoms with Crippen LogP contribution in [0.3, 0.4) is 0 Å². The Kier molecular flexibility index (Phi) is 12.6. The Morgan fingerprint density at radius 3 is 2.95 bits per heavy atom. The second-order valence-corrected chi connectivity index (χ2v) is 5.12. The summed E-state index contributed by atoms with van der Waals surface area (Å²) >= 11 is 0. The van der Waals surface area contributed by atoms with Gasteiger partial charge in [-0.2, -0.15) is 0 Å². The standard InChI is InChI=1S/C14H30N4O.HI/c1-3-19-12-6-8-16-14(15)17-9-11-18-10-5-4-7-13(18)2;/h13H,3-12H2,1-2H3,(H3,15,16,17);1H. The Labute approximate surface area is 140 Å². The van der Waals surface area contributed by atoms with Crippen LogP contribution in [0.1, 0.15) is 39.5 Å². The van der Waals surface area contributed by atoms with Crippen molar-refractivity contribution in [3.05, 3.63) is 0 Å². The third-order valence-corrected chi connectivity index (χ3v) is 3.58. The molecule has 5 nitrogen and oxygen atoms in total. The number of nitrogens with zero attached hydrogens (tertiary/aromatic N) is 2. The maximum atomic E-state index is 5.82. The fourth-order valence-corrected chi connectivity index (χ4v) is 2.38. The van der Waals surface area contributed by atoms with Crippen molar-refractivity contribution in [1.82, 2.24) is 10.2 Å². The lowest BCUT2D eigenvalue weighted by atomic mass is 10.0. The fraction of sp³-hybridized carbons (Fsp3) is 0.929. The van der Waals surface area contributed by atoms with Gasteiger partial charge in [-0.15, -0.1) is 24.0 Å². The predicted octanol–water partition coefficient (Wildman–Crippen LogP) is 1.81. The van der Waals surface area contributed by atoms with Gasteiger partial charge in [0.2, 0.25) is 0 Å². The Hall–Kier alpha value is -0.0800. The number of rotatable bonds is 8. The quantitative estimate of drug-likeness (QED) is 0.283. The lowest BCUT2D eigenvalue weighted by molar-refractivity contribution is 0.146. The van der Waals surface area contributed by atoms with E-state index in [1.54, 1.807) is 0 Å². The molecule has 0 radical (unpaired) electrons. The molecule has 0 bridgehead atoms. The summed E-state index contributed by atoms with van der Waals surface area (Å²) in [6, 6.07) is 0.708. The molecule has 0 aromatic carbocycles. The molecular formula is C14H31IN4O. The Balaban J connectivity index is 0.00000361. The SMILES string of the molecule is CCOCCCN=C(N)NCCN1CCCCC1C.I. The maximum absolute atomic E-state index is 5.82. The summed E-state index contributed by atoms with van der Waals surface area (Å²) in [5.74, 6) is 0.557. The highest BCUT2D eigenvalue weighted by molar-refractivity contribution is 14.0. The average molecular weight is 398 g/mol. The van der Waals surface area contributed by atoms with Crippen LogP contribution in [0.15, 0.2) is 4.99 Å². The van der Waals surface area contributed by atoms with Crippen molar-refractivity contribution in [2.75, 3.05) is 39.4 Å². The first-order valence-corrected chi connectivity index (χ1v) is 7.59. The van der Waals surface area contributed by atoms with Gasteiger partial charge >= 0.3 is 0 Å². The first-order valence-electron chi connectivity index (χ1n) is 7.59. The van der Waals surface area contributed by atoms with E-state index in [1.807, 2.05) is 6.92 Å². The first-order chi connectivity index (χ1) is 9.24. The first kappa shape index (κ1) is 19.9. The van der Waals surface area contributed by atoms with Crippen LogP contribution in [0.4, 0.5) is 0 Å². The molecule has 0 spiro atoms. The van der Waals surface area contributed by atoms with Crippen molar-refractivity contribution < 1.29 is 4.74 Å². The number of aliphatic imine (C=N–C) groups is 1. The third kappa shape index (κ3) is 8.97. The number of hydrogen-bond donors (Lipinski definition) is 2. The van der Waals surface area contributed by atoms with Gasteiger partial charge < -0.3 is 15.8 Å². The molecule has 1 aliphatic heterocycles. The summed E-state index contributed by atoms with van der Waals surface area (Å²) in [6.45, 7) is 9.73. The zero-order chi connectivity index (χ0) is 13.9. The number of piperidine rings is 1. The molecule has 120 valence electrons. The molecule has 1 unspecified atom stereocenters. The van der Waals surface area contributed by atoms with E-state index in [4.69, 9.17) is 10.5 Å². The minimum absolute atomic E-state index is 0. The normalized spacial score (nSPS) is 20.5. The van der Waals surface area contributed by atoms with Crippen LogP contribution in [-0.4, -0.2) is 56.3 Å². The molecule has 0 aliphatic carbocycles. The highest BCUT2D eigenvalue weighted by Crippen LogP contribution is 2.15. The highest BCUT2D eigenvalue weighted by Gasteiger charge is 2.17. The maximum Gasteiger partial charge on any atom is 0.188 e. The van der Waals surface area contributed by atoms with Crippen LogP contribution in [0.5, 0.6) is 0 Å². The van der Waals surface area contributed by atoms with Crippen LogP contribution in [0.2, 0.25) is 0 Å². The van der Waals surface area contributed by atoms with Crippen LogP contribution in [0, 0.1) is 0 Å². The molecule has 1 fully saturated rings. The van der Waals surface area contributed by atoms with Gasteiger partial charge in [0, 0.05) is 38.9 Å². The molecule has 1 atom stereocenters. The molecule has 6 heteroatoms. The lowest BCUT2D eigenvalue weighted by Crippen LogP contribution is -2.43.